The summed E-state index contributed by atoms with van der Waals surface area (Å²) in [5.41, 5.74) is -0.438. The van der Waals surface area contributed by atoms with Crippen LogP contribution in [0.15, 0.2) is 12.7 Å². The molecule has 0 bridgehead atoms. The van der Waals surface area contributed by atoms with Crippen molar-refractivity contribution in [1.29, 1.82) is 0 Å². The molecule has 0 aliphatic heterocycles. The normalized spacial score (nSPS) is 16.4. The maximum atomic E-state index is 10.8. The minimum atomic E-state index is -1.86. The molecule has 0 aliphatic rings. The van der Waals surface area contributed by atoms with Crippen LogP contribution < -0.4 is 0 Å². The van der Waals surface area contributed by atoms with Crippen LogP contribution in [0.2, 0.25) is 43.8 Å². The number of hydrogen-bond donors (Lipinski definition) is 1. The van der Waals surface area contributed by atoms with E-state index < -0.39 is 34.0 Å². The molecule has 4 nitrogen and oxygen atoms in total. The lowest BCUT2D eigenvalue weighted by Crippen LogP contribution is -2.48. The van der Waals surface area contributed by atoms with Crippen LogP contribution in [-0.2, 0) is 13.9 Å². The van der Waals surface area contributed by atoms with E-state index in [4.69, 9.17) is 13.9 Å². The standard InChI is InChI=1S/C20H44O4Si2/c1-12-17(23-16-22-13-14-25(7,8)9)18(21)20(5,6)15-24-26(10,11)19(2,3)4/h12,17-18,21H,1,13-16H2,2-11H3/t17-,18+/m0/s1. The van der Waals surface area contributed by atoms with Crippen LogP contribution in [0.3, 0.4) is 0 Å². The highest BCUT2D eigenvalue weighted by molar-refractivity contribution is 6.76. The first-order valence-electron chi connectivity index (χ1n) is 9.67. The predicted octanol–water partition coefficient (Wildman–Crippen LogP) is 5.28. The molecule has 0 aromatic heterocycles. The Hall–Kier alpha value is 0.0138. The number of rotatable bonds is 12. The molecule has 0 rings (SSSR count). The zero-order valence-corrected chi connectivity index (χ0v) is 20.9. The van der Waals surface area contributed by atoms with Gasteiger partial charge in [-0.3, -0.25) is 0 Å². The Labute approximate surface area is 164 Å². The molecule has 2 atom stereocenters. The molecule has 0 aliphatic carbocycles. The minimum Gasteiger partial charge on any atom is -0.416 e. The molecule has 156 valence electrons. The van der Waals surface area contributed by atoms with Crippen molar-refractivity contribution < 1.29 is 19.0 Å². The second-order valence-electron chi connectivity index (χ2n) is 10.7. The third kappa shape index (κ3) is 9.28. The third-order valence-electron chi connectivity index (χ3n) is 5.30. The Bertz CT molecular complexity index is 423. The highest BCUT2D eigenvalue weighted by atomic mass is 28.4. The van der Waals surface area contributed by atoms with Gasteiger partial charge in [-0.05, 0) is 24.2 Å². The number of hydrogen-bond acceptors (Lipinski definition) is 4. The van der Waals surface area contributed by atoms with Crippen LogP contribution in [0.5, 0.6) is 0 Å². The van der Waals surface area contributed by atoms with Gasteiger partial charge in [0.05, 0.1) is 6.10 Å². The molecule has 0 amide bonds. The summed E-state index contributed by atoms with van der Waals surface area (Å²) >= 11 is 0. The van der Waals surface area contributed by atoms with E-state index in [2.05, 4.69) is 60.1 Å². The Morgan fingerprint density at radius 2 is 1.58 bits per heavy atom. The molecule has 0 heterocycles. The van der Waals surface area contributed by atoms with Crippen molar-refractivity contribution in [3.8, 4) is 0 Å². The van der Waals surface area contributed by atoms with Gasteiger partial charge >= 0.3 is 0 Å². The molecular weight excluding hydrogens is 360 g/mol. The number of ether oxygens (including phenoxy) is 2. The van der Waals surface area contributed by atoms with Crippen molar-refractivity contribution in [1.82, 2.24) is 0 Å². The summed E-state index contributed by atoms with van der Waals surface area (Å²) in [5.74, 6) is 0. The first-order chi connectivity index (χ1) is 11.5. The molecule has 26 heavy (non-hydrogen) atoms. The van der Waals surface area contributed by atoms with Gasteiger partial charge in [-0.25, -0.2) is 0 Å². The average molecular weight is 405 g/mol. The number of aliphatic hydroxyl groups is 1. The molecule has 0 aromatic rings. The minimum absolute atomic E-state index is 0.145. The summed E-state index contributed by atoms with van der Waals surface area (Å²) in [6, 6.07) is 1.10. The fraction of sp³-hybridized carbons (Fsp3) is 0.900. The van der Waals surface area contributed by atoms with Gasteiger partial charge in [0.15, 0.2) is 8.32 Å². The maximum absolute atomic E-state index is 10.8. The monoisotopic (exact) mass is 404 g/mol. The van der Waals surface area contributed by atoms with Crippen molar-refractivity contribution in [2.75, 3.05) is 20.0 Å². The van der Waals surface area contributed by atoms with Crippen LogP contribution in [0.4, 0.5) is 0 Å². The van der Waals surface area contributed by atoms with Gasteiger partial charge in [-0.2, -0.15) is 0 Å². The van der Waals surface area contributed by atoms with E-state index >= 15 is 0 Å². The summed E-state index contributed by atoms with van der Waals surface area (Å²) in [6.45, 7) is 27.3. The fourth-order valence-electron chi connectivity index (χ4n) is 1.97. The van der Waals surface area contributed by atoms with E-state index in [9.17, 15) is 5.11 Å². The van der Waals surface area contributed by atoms with Crippen molar-refractivity contribution in [3.05, 3.63) is 12.7 Å². The van der Waals surface area contributed by atoms with E-state index in [0.29, 0.717) is 13.2 Å². The second-order valence-corrected chi connectivity index (χ2v) is 21.1. The summed E-state index contributed by atoms with van der Waals surface area (Å²) in [7, 11) is -2.96. The molecule has 0 radical (unpaired) electrons. The average Bonchev–Trinajstić information content (AvgIpc) is 2.46. The summed E-state index contributed by atoms with van der Waals surface area (Å²) in [4.78, 5) is 0. The van der Waals surface area contributed by atoms with Crippen molar-refractivity contribution in [3.63, 3.8) is 0 Å². The molecular formula is C20H44O4Si2. The molecule has 1 N–H and O–H groups in total. The maximum Gasteiger partial charge on any atom is 0.192 e. The third-order valence-corrected chi connectivity index (χ3v) is 11.5. The Kier molecular flexibility index (Phi) is 9.99. The van der Waals surface area contributed by atoms with E-state index in [0.717, 1.165) is 6.04 Å². The van der Waals surface area contributed by atoms with Crippen LogP contribution in [0.25, 0.3) is 0 Å². The van der Waals surface area contributed by atoms with Crippen molar-refractivity contribution in [2.45, 2.75) is 90.6 Å². The molecule has 0 spiro atoms. The lowest BCUT2D eigenvalue weighted by Gasteiger charge is -2.41. The Morgan fingerprint density at radius 1 is 1.04 bits per heavy atom. The van der Waals surface area contributed by atoms with Crippen LogP contribution in [0.1, 0.15) is 34.6 Å². The summed E-state index contributed by atoms with van der Waals surface area (Å²) in [6.07, 6.45) is 0.478. The molecule has 0 unspecified atom stereocenters. The van der Waals surface area contributed by atoms with Gasteiger partial charge < -0.3 is 19.0 Å². The smallest absolute Gasteiger partial charge is 0.192 e. The van der Waals surface area contributed by atoms with Gasteiger partial charge in [0.25, 0.3) is 0 Å². The SMILES string of the molecule is C=C[C@H](OCOCC[Si](C)(C)C)[C@@H](O)C(C)(C)CO[Si](C)(C)C(C)(C)C. The lowest BCUT2D eigenvalue weighted by molar-refractivity contribution is -0.133. The quantitative estimate of drug-likeness (QED) is 0.208. The fourth-order valence-corrected chi connectivity index (χ4v) is 3.89. The Balaban J connectivity index is 4.59. The van der Waals surface area contributed by atoms with Gasteiger partial charge in [0, 0.05) is 26.7 Å². The van der Waals surface area contributed by atoms with E-state index in [1.165, 1.54) is 0 Å². The lowest BCUT2D eigenvalue weighted by atomic mass is 9.84. The molecule has 0 fully saturated rings. The highest BCUT2D eigenvalue weighted by Crippen LogP contribution is 2.38. The van der Waals surface area contributed by atoms with Crippen LogP contribution in [-0.4, -0.2) is 53.7 Å². The molecule has 0 saturated carbocycles. The van der Waals surface area contributed by atoms with Crippen molar-refractivity contribution >= 4 is 16.4 Å². The summed E-state index contributed by atoms with van der Waals surface area (Å²) in [5, 5.41) is 11.0. The Morgan fingerprint density at radius 3 is 2.00 bits per heavy atom. The van der Waals surface area contributed by atoms with Gasteiger partial charge in [-0.15, -0.1) is 6.58 Å². The largest absolute Gasteiger partial charge is 0.416 e. The van der Waals surface area contributed by atoms with Gasteiger partial charge in [-0.1, -0.05) is 60.3 Å². The molecule has 0 saturated heterocycles. The zero-order chi connectivity index (χ0) is 20.8. The van der Waals surface area contributed by atoms with Crippen molar-refractivity contribution in [2.24, 2.45) is 5.41 Å². The first kappa shape index (κ1) is 26.0. The van der Waals surface area contributed by atoms with Gasteiger partial charge in [0.2, 0.25) is 0 Å². The topological polar surface area (TPSA) is 47.9 Å². The van der Waals surface area contributed by atoms with Crippen LogP contribution in [0, 0.1) is 5.41 Å². The van der Waals surface area contributed by atoms with E-state index in [1.54, 1.807) is 6.08 Å². The highest BCUT2D eigenvalue weighted by Gasteiger charge is 2.41. The van der Waals surface area contributed by atoms with E-state index in [-0.39, 0.29) is 11.8 Å². The molecule has 0 aromatic carbocycles. The number of aliphatic hydroxyl groups excluding tert-OH is 1. The molecule has 6 heteroatoms. The predicted molar refractivity (Wildman–Crippen MR) is 117 cm³/mol. The van der Waals surface area contributed by atoms with Crippen LogP contribution >= 0.6 is 0 Å². The van der Waals surface area contributed by atoms with E-state index in [1.807, 2.05) is 13.8 Å². The first-order valence-corrected chi connectivity index (χ1v) is 16.3. The summed E-state index contributed by atoms with van der Waals surface area (Å²) < 4.78 is 17.6. The second kappa shape index (κ2) is 9.98. The zero-order valence-electron chi connectivity index (χ0n) is 18.9. The van der Waals surface area contributed by atoms with Gasteiger partial charge in [0.1, 0.15) is 12.9 Å².